The van der Waals surface area contributed by atoms with Gasteiger partial charge in [-0.2, -0.15) is 0 Å². The molecule has 1 atom stereocenters. The van der Waals surface area contributed by atoms with Gasteiger partial charge in [0.2, 0.25) is 0 Å². The molecule has 1 aliphatic heterocycles. The molecule has 2 N–H and O–H groups in total. The molecule has 0 saturated carbocycles. The minimum Gasteiger partial charge on any atom is -0.497 e. The van der Waals surface area contributed by atoms with Crippen LogP contribution in [0.4, 0.5) is 17.6 Å². The Labute approximate surface area is 230 Å². The third-order valence-corrected chi connectivity index (χ3v) is 8.06. The van der Waals surface area contributed by atoms with E-state index < -0.39 is 41.6 Å². The van der Waals surface area contributed by atoms with E-state index >= 15 is 0 Å². The van der Waals surface area contributed by atoms with Crippen LogP contribution in [0.5, 0.6) is 5.75 Å². The molecule has 0 spiro atoms. The Bertz CT molecular complexity index is 1340. The van der Waals surface area contributed by atoms with E-state index in [1.54, 1.807) is 18.2 Å². The third-order valence-electron chi connectivity index (χ3n) is 8.06. The fraction of sp³-hybridized carbons (Fsp3) is 0.467. The van der Waals surface area contributed by atoms with Crippen molar-refractivity contribution in [2.24, 2.45) is 5.41 Å². The molecule has 40 heavy (non-hydrogen) atoms. The summed E-state index contributed by atoms with van der Waals surface area (Å²) in [6.07, 6.45) is 2.87. The number of carboxylic acid groups (broad SMARTS) is 1. The number of rotatable bonds is 12. The number of fused-ring (bicyclic) bond motifs is 1. The molecule has 4 rings (SSSR count). The molecule has 2 aromatic carbocycles. The number of aliphatic carboxylic acids is 1. The van der Waals surface area contributed by atoms with Crippen LogP contribution in [-0.4, -0.2) is 52.8 Å². The van der Waals surface area contributed by atoms with Crippen LogP contribution in [-0.2, 0) is 17.9 Å². The van der Waals surface area contributed by atoms with Gasteiger partial charge in [0.05, 0.1) is 25.2 Å². The summed E-state index contributed by atoms with van der Waals surface area (Å²) in [5.41, 5.74) is 0.775. The molecular weight excluding hydrogens is 528 g/mol. The van der Waals surface area contributed by atoms with Gasteiger partial charge >= 0.3 is 5.97 Å². The van der Waals surface area contributed by atoms with Gasteiger partial charge in [0.1, 0.15) is 18.2 Å². The van der Waals surface area contributed by atoms with Crippen molar-refractivity contribution in [3.63, 3.8) is 0 Å². The van der Waals surface area contributed by atoms with Crippen LogP contribution in [0.2, 0.25) is 0 Å². The lowest BCUT2D eigenvalue weighted by Crippen LogP contribution is -2.41. The van der Waals surface area contributed by atoms with Crippen LogP contribution in [0.1, 0.15) is 61.3 Å². The number of hydrogen-bond acceptors (Lipinski definition) is 5. The number of methoxy groups -OCH3 is 1. The molecule has 2 heterocycles. The molecule has 1 fully saturated rings. The number of carbonyl (C=O) groups is 1. The Hall–Kier alpha value is -3.24. The largest absolute Gasteiger partial charge is 0.497 e. The highest BCUT2D eigenvalue weighted by atomic mass is 19.2. The fourth-order valence-corrected chi connectivity index (χ4v) is 5.82. The van der Waals surface area contributed by atoms with E-state index in [4.69, 9.17) is 4.74 Å². The summed E-state index contributed by atoms with van der Waals surface area (Å²) in [6, 6.07) is 6.73. The summed E-state index contributed by atoms with van der Waals surface area (Å²) in [6.45, 7) is 0.991. The Morgan fingerprint density at radius 1 is 1.15 bits per heavy atom. The minimum absolute atomic E-state index is 0.00220. The summed E-state index contributed by atoms with van der Waals surface area (Å²) in [5.74, 6) is -3.42. The van der Waals surface area contributed by atoms with Crippen LogP contribution in [0.25, 0.3) is 10.9 Å². The Morgan fingerprint density at radius 3 is 2.58 bits per heavy atom. The number of aliphatic hydroxyl groups excluding tert-OH is 1. The van der Waals surface area contributed by atoms with Crippen LogP contribution in [0, 0.1) is 22.9 Å². The summed E-state index contributed by atoms with van der Waals surface area (Å²) >= 11 is 0. The second kappa shape index (κ2) is 13.0. The number of likely N-dealkylation sites (tertiary alicyclic amines) is 1. The van der Waals surface area contributed by atoms with Crippen molar-refractivity contribution < 1.29 is 37.3 Å². The number of piperidine rings is 1. The van der Waals surface area contributed by atoms with Crippen molar-refractivity contribution in [2.75, 3.05) is 26.7 Å². The number of halogens is 4. The lowest BCUT2D eigenvalue weighted by atomic mass is 9.71. The van der Waals surface area contributed by atoms with E-state index in [0.29, 0.717) is 73.6 Å². The number of aryl methyl sites for hydroxylation is 1. The van der Waals surface area contributed by atoms with Crippen molar-refractivity contribution in [3.8, 4) is 5.75 Å². The minimum atomic E-state index is -1.20. The molecule has 1 saturated heterocycles. The van der Waals surface area contributed by atoms with E-state index in [1.807, 2.05) is 0 Å². The summed E-state index contributed by atoms with van der Waals surface area (Å²) in [5, 5.41) is 21.5. The zero-order valence-corrected chi connectivity index (χ0v) is 22.4. The number of benzene rings is 2. The first kappa shape index (κ1) is 29.7. The van der Waals surface area contributed by atoms with Crippen LogP contribution in [0.3, 0.4) is 0 Å². The zero-order valence-electron chi connectivity index (χ0n) is 22.4. The van der Waals surface area contributed by atoms with Gasteiger partial charge in [0.25, 0.3) is 0 Å². The Balaban J connectivity index is 1.41. The molecular formula is C30H34F4N2O4. The second-order valence-corrected chi connectivity index (χ2v) is 10.6. The maximum Gasteiger partial charge on any atom is 0.303 e. The number of aromatic nitrogens is 1. The quantitative estimate of drug-likeness (QED) is 0.204. The lowest BCUT2D eigenvalue weighted by Gasteiger charge is -2.41. The normalized spacial score (nSPS) is 16.2. The van der Waals surface area contributed by atoms with E-state index in [9.17, 15) is 32.6 Å². The molecule has 1 aromatic heterocycles. The molecule has 0 amide bonds. The third kappa shape index (κ3) is 6.90. The van der Waals surface area contributed by atoms with Gasteiger partial charge in [0, 0.05) is 23.2 Å². The molecule has 3 aromatic rings. The standard InChI is InChI=1S/C30H34F4N2O4/c1-40-22-4-5-25-23(15-22)28(20(17-31)18-35-25)26(37)6-7-30(16-27(38)39)8-11-36(12-9-30)10-2-3-19-13-21(32)14-24(33)29(19)34/h4-5,13-15,18,26,37H,2-3,6-12,16-17H2,1H3,(H,38,39)/t26-/m1/s1. The topological polar surface area (TPSA) is 82.9 Å². The molecule has 0 radical (unpaired) electrons. The zero-order chi connectivity index (χ0) is 28.9. The number of pyridine rings is 1. The summed E-state index contributed by atoms with van der Waals surface area (Å²) in [7, 11) is 1.52. The number of nitrogens with zero attached hydrogens (tertiary/aromatic N) is 2. The van der Waals surface area contributed by atoms with Gasteiger partial charge in [-0.1, -0.05) is 0 Å². The molecule has 1 aliphatic rings. The Kier molecular flexibility index (Phi) is 9.63. The van der Waals surface area contributed by atoms with Crippen molar-refractivity contribution in [1.82, 2.24) is 9.88 Å². The van der Waals surface area contributed by atoms with Crippen molar-refractivity contribution in [2.45, 2.75) is 57.7 Å². The highest BCUT2D eigenvalue weighted by Gasteiger charge is 2.37. The van der Waals surface area contributed by atoms with Gasteiger partial charge in [-0.15, -0.1) is 0 Å². The predicted molar refractivity (Wildman–Crippen MR) is 142 cm³/mol. The molecule has 6 nitrogen and oxygen atoms in total. The first-order chi connectivity index (χ1) is 19.1. The first-order valence-corrected chi connectivity index (χ1v) is 13.4. The van der Waals surface area contributed by atoms with E-state index in [0.717, 1.165) is 6.07 Å². The highest BCUT2D eigenvalue weighted by Crippen LogP contribution is 2.42. The highest BCUT2D eigenvalue weighted by molar-refractivity contribution is 5.85. The second-order valence-electron chi connectivity index (χ2n) is 10.6. The molecule has 0 aliphatic carbocycles. The fourth-order valence-electron chi connectivity index (χ4n) is 5.82. The number of ether oxygens (including phenoxy) is 1. The monoisotopic (exact) mass is 562 g/mol. The molecule has 0 bridgehead atoms. The summed E-state index contributed by atoms with van der Waals surface area (Å²) in [4.78, 5) is 18.2. The maximum atomic E-state index is 14.0. The van der Waals surface area contributed by atoms with Crippen LogP contribution >= 0.6 is 0 Å². The van der Waals surface area contributed by atoms with Gasteiger partial charge in [-0.3, -0.25) is 9.78 Å². The van der Waals surface area contributed by atoms with E-state index in [2.05, 4.69) is 9.88 Å². The van der Waals surface area contributed by atoms with E-state index in [-0.39, 0.29) is 30.4 Å². The number of aliphatic hydroxyl groups is 1. The smallest absolute Gasteiger partial charge is 0.303 e. The van der Waals surface area contributed by atoms with Gasteiger partial charge in [-0.05, 0) is 99.0 Å². The average molecular weight is 563 g/mol. The number of hydrogen-bond donors (Lipinski definition) is 2. The van der Waals surface area contributed by atoms with Crippen molar-refractivity contribution >= 4 is 16.9 Å². The number of carboxylic acids is 1. The van der Waals surface area contributed by atoms with Crippen molar-refractivity contribution in [3.05, 3.63) is 70.7 Å². The molecule has 10 heteroatoms. The summed E-state index contributed by atoms with van der Waals surface area (Å²) < 4.78 is 60.1. The van der Waals surface area contributed by atoms with Gasteiger partial charge in [0.15, 0.2) is 11.6 Å². The SMILES string of the molecule is COc1ccc2ncc(CF)c([C@H](O)CCC3(CC(=O)O)CCN(CCCc4cc(F)cc(F)c4F)CC3)c2c1. The molecule has 0 unspecified atom stereocenters. The maximum absolute atomic E-state index is 14.0. The van der Waals surface area contributed by atoms with Crippen LogP contribution in [0.15, 0.2) is 36.5 Å². The molecule has 216 valence electrons. The van der Waals surface area contributed by atoms with E-state index in [1.165, 1.54) is 13.3 Å². The predicted octanol–water partition coefficient (Wildman–Crippen LogP) is 6.13. The average Bonchev–Trinajstić information content (AvgIpc) is 2.94. The van der Waals surface area contributed by atoms with Crippen molar-refractivity contribution in [1.29, 1.82) is 0 Å². The van der Waals surface area contributed by atoms with Gasteiger partial charge in [-0.25, -0.2) is 17.6 Å². The van der Waals surface area contributed by atoms with Crippen LogP contribution < -0.4 is 4.74 Å². The Morgan fingerprint density at radius 2 is 1.90 bits per heavy atom. The number of alkyl halides is 1. The first-order valence-electron chi connectivity index (χ1n) is 13.4. The van der Waals surface area contributed by atoms with Gasteiger partial charge < -0.3 is 19.8 Å². The lowest BCUT2D eigenvalue weighted by molar-refractivity contribution is -0.141.